The third kappa shape index (κ3) is 5.31. The first-order valence-corrected chi connectivity index (χ1v) is 8.06. The molecule has 0 aliphatic heterocycles. The van der Waals surface area contributed by atoms with Gasteiger partial charge in [0.25, 0.3) is 0 Å². The zero-order valence-electron chi connectivity index (χ0n) is 14.3. The Bertz CT molecular complexity index is 732. The first-order valence-electron chi connectivity index (χ1n) is 8.06. The van der Waals surface area contributed by atoms with E-state index in [0.29, 0.717) is 23.7 Å². The average Bonchev–Trinajstić information content (AvgIpc) is 2.58. The van der Waals surface area contributed by atoms with Crippen LogP contribution >= 0.6 is 0 Å². The number of nitrogens with one attached hydrogen (secondary N) is 1. The van der Waals surface area contributed by atoms with E-state index in [1.807, 2.05) is 19.1 Å². The molecule has 2 aromatic carbocycles. The van der Waals surface area contributed by atoms with E-state index < -0.39 is 0 Å². The van der Waals surface area contributed by atoms with Crippen LogP contribution in [0.5, 0.6) is 5.75 Å². The normalized spacial score (nSPS) is 10.2. The second-order valence-corrected chi connectivity index (χ2v) is 5.38. The molecule has 0 radical (unpaired) electrons. The summed E-state index contributed by atoms with van der Waals surface area (Å²) >= 11 is 0. The van der Waals surface area contributed by atoms with Crippen molar-refractivity contribution in [1.82, 2.24) is 0 Å². The molecular weight excluding hydrogens is 323 g/mol. The van der Waals surface area contributed by atoms with Crippen molar-refractivity contribution in [2.24, 2.45) is 0 Å². The van der Waals surface area contributed by atoms with Gasteiger partial charge in [0.1, 0.15) is 11.6 Å². The Morgan fingerprint density at radius 1 is 1.12 bits per heavy atom. The van der Waals surface area contributed by atoms with Gasteiger partial charge >= 0.3 is 0 Å². The standard InChI is InChI=1S/C19H21FN2O3/c1-3-25-18-7-5-4-6-17(18)22(14(2)23)13-12-19(24)21-16-10-8-15(20)9-11-16/h4-11H,3,12-13H2,1-2H3,(H,21,24). The monoisotopic (exact) mass is 344 g/mol. The first-order chi connectivity index (χ1) is 12.0. The molecule has 25 heavy (non-hydrogen) atoms. The zero-order valence-corrected chi connectivity index (χ0v) is 14.3. The lowest BCUT2D eigenvalue weighted by molar-refractivity contribution is -0.117. The quantitative estimate of drug-likeness (QED) is 0.835. The van der Waals surface area contributed by atoms with Crippen molar-refractivity contribution in [3.8, 4) is 5.75 Å². The fourth-order valence-electron chi connectivity index (χ4n) is 2.38. The number of halogens is 1. The van der Waals surface area contributed by atoms with Crippen LogP contribution in [0.25, 0.3) is 0 Å². The largest absolute Gasteiger partial charge is 0.492 e. The molecule has 5 nitrogen and oxygen atoms in total. The highest BCUT2D eigenvalue weighted by Crippen LogP contribution is 2.28. The average molecular weight is 344 g/mol. The van der Waals surface area contributed by atoms with Crippen molar-refractivity contribution in [3.05, 3.63) is 54.3 Å². The van der Waals surface area contributed by atoms with E-state index in [1.54, 1.807) is 12.1 Å². The molecule has 0 aliphatic carbocycles. The van der Waals surface area contributed by atoms with Gasteiger partial charge < -0.3 is 15.0 Å². The van der Waals surface area contributed by atoms with Gasteiger partial charge in [0.05, 0.1) is 12.3 Å². The Morgan fingerprint density at radius 2 is 1.80 bits per heavy atom. The van der Waals surface area contributed by atoms with Crippen LogP contribution in [0.1, 0.15) is 20.3 Å². The molecule has 0 atom stereocenters. The van der Waals surface area contributed by atoms with E-state index in [0.717, 1.165) is 0 Å². The lowest BCUT2D eigenvalue weighted by atomic mass is 10.2. The molecular formula is C19H21FN2O3. The van der Waals surface area contributed by atoms with Crippen LogP contribution < -0.4 is 15.0 Å². The summed E-state index contributed by atoms with van der Waals surface area (Å²) in [6.45, 7) is 4.01. The van der Waals surface area contributed by atoms with E-state index >= 15 is 0 Å². The topological polar surface area (TPSA) is 58.6 Å². The molecule has 1 N–H and O–H groups in total. The highest BCUT2D eigenvalue weighted by molar-refractivity contribution is 5.95. The van der Waals surface area contributed by atoms with Crippen LogP contribution in [0.2, 0.25) is 0 Å². The highest BCUT2D eigenvalue weighted by atomic mass is 19.1. The Morgan fingerprint density at radius 3 is 2.44 bits per heavy atom. The fourth-order valence-corrected chi connectivity index (χ4v) is 2.38. The minimum Gasteiger partial charge on any atom is -0.492 e. The van der Waals surface area contributed by atoms with Gasteiger partial charge in [-0.05, 0) is 43.3 Å². The van der Waals surface area contributed by atoms with Crippen molar-refractivity contribution in [3.63, 3.8) is 0 Å². The van der Waals surface area contributed by atoms with Gasteiger partial charge in [0, 0.05) is 25.6 Å². The molecule has 0 saturated carbocycles. The summed E-state index contributed by atoms with van der Waals surface area (Å²) in [5, 5.41) is 2.68. The summed E-state index contributed by atoms with van der Waals surface area (Å²) in [6.07, 6.45) is 0.109. The molecule has 0 fully saturated rings. The van der Waals surface area contributed by atoms with E-state index in [9.17, 15) is 14.0 Å². The van der Waals surface area contributed by atoms with E-state index in [1.165, 1.54) is 36.1 Å². The fraction of sp³-hybridized carbons (Fsp3) is 0.263. The van der Waals surface area contributed by atoms with Gasteiger partial charge in [-0.2, -0.15) is 0 Å². The van der Waals surface area contributed by atoms with Crippen LogP contribution in [0.4, 0.5) is 15.8 Å². The van der Waals surface area contributed by atoms with E-state index in [2.05, 4.69) is 5.32 Å². The Balaban J connectivity index is 2.03. The number of ether oxygens (including phenoxy) is 1. The summed E-state index contributed by atoms with van der Waals surface area (Å²) in [6, 6.07) is 12.7. The van der Waals surface area contributed by atoms with Crippen molar-refractivity contribution >= 4 is 23.2 Å². The summed E-state index contributed by atoms with van der Waals surface area (Å²) in [7, 11) is 0. The SMILES string of the molecule is CCOc1ccccc1N(CCC(=O)Nc1ccc(F)cc1)C(C)=O. The smallest absolute Gasteiger partial charge is 0.226 e. The second-order valence-electron chi connectivity index (χ2n) is 5.38. The van der Waals surface area contributed by atoms with Gasteiger partial charge in [0.2, 0.25) is 11.8 Å². The van der Waals surface area contributed by atoms with Crippen molar-refractivity contribution in [1.29, 1.82) is 0 Å². The molecule has 2 aromatic rings. The molecule has 6 heteroatoms. The van der Waals surface area contributed by atoms with Gasteiger partial charge in [-0.25, -0.2) is 4.39 Å². The number of rotatable bonds is 7. The van der Waals surface area contributed by atoms with Gasteiger partial charge in [-0.15, -0.1) is 0 Å². The molecule has 0 saturated heterocycles. The summed E-state index contributed by atoms with van der Waals surface area (Å²) in [4.78, 5) is 25.6. The molecule has 132 valence electrons. The number of nitrogens with zero attached hydrogens (tertiary/aromatic N) is 1. The Labute approximate surface area is 146 Å². The minimum absolute atomic E-state index is 0.109. The van der Waals surface area contributed by atoms with E-state index in [4.69, 9.17) is 4.74 Å². The molecule has 0 bridgehead atoms. The molecule has 0 aliphatic rings. The summed E-state index contributed by atoms with van der Waals surface area (Å²) < 4.78 is 18.4. The van der Waals surface area contributed by atoms with Crippen molar-refractivity contribution in [2.45, 2.75) is 20.3 Å². The van der Waals surface area contributed by atoms with Gasteiger partial charge in [0.15, 0.2) is 0 Å². The Kier molecular flexibility index (Phi) is 6.51. The van der Waals surface area contributed by atoms with Gasteiger partial charge in [-0.1, -0.05) is 12.1 Å². The maximum atomic E-state index is 12.9. The van der Waals surface area contributed by atoms with Crippen LogP contribution in [-0.4, -0.2) is 25.0 Å². The van der Waals surface area contributed by atoms with Crippen molar-refractivity contribution in [2.75, 3.05) is 23.4 Å². The zero-order chi connectivity index (χ0) is 18.2. The molecule has 2 amide bonds. The lowest BCUT2D eigenvalue weighted by Crippen LogP contribution is -2.32. The third-order valence-corrected chi connectivity index (χ3v) is 3.53. The lowest BCUT2D eigenvalue weighted by Gasteiger charge is -2.23. The minimum atomic E-state index is -0.367. The number of amides is 2. The third-order valence-electron chi connectivity index (χ3n) is 3.53. The van der Waals surface area contributed by atoms with Crippen LogP contribution in [-0.2, 0) is 9.59 Å². The number of carbonyl (C=O) groups is 2. The molecule has 0 spiro atoms. The van der Waals surface area contributed by atoms with Crippen molar-refractivity contribution < 1.29 is 18.7 Å². The van der Waals surface area contributed by atoms with E-state index in [-0.39, 0.29) is 30.6 Å². The number of hydrogen-bond acceptors (Lipinski definition) is 3. The molecule has 0 heterocycles. The predicted octanol–water partition coefficient (Wildman–Crippen LogP) is 3.61. The number of anilines is 2. The first kappa shape index (κ1) is 18.4. The highest BCUT2D eigenvalue weighted by Gasteiger charge is 2.17. The van der Waals surface area contributed by atoms with Crippen LogP contribution in [0.15, 0.2) is 48.5 Å². The van der Waals surface area contributed by atoms with Crippen LogP contribution in [0.3, 0.4) is 0 Å². The maximum Gasteiger partial charge on any atom is 0.226 e. The number of para-hydroxylation sites is 2. The maximum absolute atomic E-state index is 12.9. The second kappa shape index (κ2) is 8.82. The van der Waals surface area contributed by atoms with Crippen LogP contribution in [0, 0.1) is 5.82 Å². The number of hydrogen-bond donors (Lipinski definition) is 1. The number of carbonyl (C=O) groups excluding carboxylic acids is 2. The Hall–Kier alpha value is -2.89. The summed E-state index contributed by atoms with van der Waals surface area (Å²) in [5.41, 5.74) is 1.14. The molecule has 0 unspecified atom stereocenters. The summed E-state index contributed by atoms with van der Waals surface area (Å²) in [5.74, 6) is -0.207. The number of benzene rings is 2. The van der Waals surface area contributed by atoms with Gasteiger partial charge in [-0.3, -0.25) is 9.59 Å². The molecule has 0 aromatic heterocycles. The molecule has 2 rings (SSSR count). The predicted molar refractivity (Wildman–Crippen MR) is 95.3 cm³/mol.